The van der Waals surface area contributed by atoms with Gasteiger partial charge >= 0.3 is 0 Å². The van der Waals surface area contributed by atoms with E-state index >= 15 is 0 Å². The van der Waals surface area contributed by atoms with Crippen LogP contribution >= 0.6 is 0 Å². The molecule has 0 radical (unpaired) electrons. The molecule has 0 aromatic heterocycles. The highest BCUT2D eigenvalue weighted by molar-refractivity contribution is 7.89. The number of carbonyl (C=O) groups is 1. The second-order valence-electron chi connectivity index (χ2n) is 6.35. The number of piperidine rings is 1. The molecule has 7 heteroatoms. The van der Waals surface area contributed by atoms with Crippen LogP contribution in [0.15, 0.2) is 0 Å². The number of hydrogen-bond acceptors (Lipinski definition) is 4. The monoisotopic (exact) mass is 331 g/mol. The number of nitrogens with one attached hydrogen (secondary N) is 1. The van der Waals surface area contributed by atoms with Gasteiger partial charge in [0.25, 0.3) is 0 Å². The lowest BCUT2D eigenvalue weighted by Gasteiger charge is -2.35. The van der Waals surface area contributed by atoms with Crippen molar-refractivity contribution in [3.05, 3.63) is 0 Å². The third-order valence-electron chi connectivity index (χ3n) is 4.74. The van der Waals surface area contributed by atoms with E-state index in [0.29, 0.717) is 32.0 Å². The Bertz CT molecular complexity index is 480. The van der Waals surface area contributed by atoms with Gasteiger partial charge in [0.2, 0.25) is 15.9 Å². The van der Waals surface area contributed by atoms with Crippen molar-refractivity contribution in [2.24, 2.45) is 0 Å². The lowest BCUT2D eigenvalue weighted by atomic mass is 10.0. The number of carbonyl (C=O) groups excluding carboxylic acids is 1. The van der Waals surface area contributed by atoms with E-state index in [-0.39, 0.29) is 11.7 Å². The molecule has 0 saturated carbocycles. The lowest BCUT2D eigenvalue weighted by molar-refractivity contribution is -0.136. The second-order valence-corrected chi connectivity index (χ2v) is 8.39. The summed E-state index contributed by atoms with van der Waals surface area (Å²) in [7, 11) is -1.39. The van der Waals surface area contributed by atoms with E-state index in [1.807, 2.05) is 18.9 Å². The molecular formula is C15H29N3O3S. The van der Waals surface area contributed by atoms with E-state index in [0.717, 1.165) is 32.2 Å². The van der Waals surface area contributed by atoms with Crippen molar-refractivity contribution < 1.29 is 13.2 Å². The summed E-state index contributed by atoms with van der Waals surface area (Å²) in [6.45, 7) is 3.91. The number of nitrogens with zero attached hydrogens (tertiary/aromatic N) is 2. The first-order valence-corrected chi connectivity index (χ1v) is 10.1. The average molecular weight is 331 g/mol. The van der Waals surface area contributed by atoms with Crippen LogP contribution in [0.4, 0.5) is 0 Å². The number of likely N-dealkylation sites (tertiary alicyclic amines) is 1. The summed E-state index contributed by atoms with van der Waals surface area (Å²) in [5, 5.41) is 3.22. The molecule has 128 valence electrons. The Morgan fingerprint density at radius 2 is 1.95 bits per heavy atom. The van der Waals surface area contributed by atoms with E-state index in [2.05, 4.69) is 5.32 Å². The largest absolute Gasteiger partial charge is 0.340 e. The lowest BCUT2D eigenvalue weighted by Crippen LogP contribution is -2.53. The van der Waals surface area contributed by atoms with Crippen molar-refractivity contribution in [1.82, 2.24) is 14.5 Å². The first-order valence-electron chi connectivity index (χ1n) is 8.45. The molecule has 1 amide bonds. The molecule has 22 heavy (non-hydrogen) atoms. The van der Waals surface area contributed by atoms with Crippen LogP contribution in [0.1, 0.15) is 45.4 Å². The highest BCUT2D eigenvalue weighted by Crippen LogP contribution is 2.25. The Labute approximate surface area is 134 Å². The molecule has 2 fully saturated rings. The number of sulfonamides is 1. The standard InChI is InChI=1S/C15H29N3O3S/c1-3-4-11-22(20,21)18-10-6-8-14(18)15(19)17-9-5-7-13(12-17)16-2/h13-14,16H,3-12H2,1-2H3. The van der Waals surface area contributed by atoms with Gasteiger partial charge in [-0.25, -0.2) is 8.42 Å². The molecule has 2 saturated heterocycles. The number of amides is 1. The van der Waals surface area contributed by atoms with Gasteiger partial charge in [-0.15, -0.1) is 0 Å². The zero-order valence-electron chi connectivity index (χ0n) is 13.8. The minimum absolute atomic E-state index is 0.00229. The minimum atomic E-state index is -3.30. The Balaban J connectivity index is 2.04. The summed E-state index contributed by atoms with van der Waals surface area (Å²) in [5.74, 6) is 0.157. The fourth-order valence-corrected chi connectivity index (χ4v) is 5.27. The quantitative estimate of drug-likeness (QED) is 0.781. The van der Waals surface area contributed by atoms with Crippen molar-refractivity contribution in [1.29, 1.82) is 0 Å². The summed E-state index contributed by atoms with van der Waals surface area (Å²) in [5.41, 5.74) is 0. The first kappa shape index (κ1) is 17.7. The van der Waals surface area contributed by atoms with Crippen LogP contribution in [0.25, 0.3) is 0 Å². The normalized spacial score (nSPS) is 27.3. The van der Waals surface area contributed by atoms with E-state index in [4.69, 9.17) is 0 Å². The third kappa shape index (κ3) is 4.00. The van der Waals surface area contributed by atoms with Gasteiger partial charge in [-0.05, 0) is 39.2 Å². The van der Waals surface area contributed by atoms with Crippen LogP contribution in [0.2, 0.25) is 0 Å². The molecule has 0 spiro atoms. The van der Waals surface area contributed by atoms with Crippen molar-refractivity contribution >= 4 is 15.9 Å². The summed E-state index contributed by atoms with van der Waals surface area (Å²) in [6.07, 6.45) is 5.00. The predicted molar refractivity (Wildman–Crippen MR) is 87.1 cm³/mol. The van der Waals surface area contributed by atoms with Crippen molar-refractivity contribution in [3.8, 4) is 0 Å². The smallest absolute Gasteiger partial charge is 0.241 e. The molecular weight excluding hydrogens is 302 g/mol. The fourth-order valence-electron chi connectivity index (χ4n) is 3.39. The number of unbranched alkanes of at least 4 members (excludes halogenated alkanes) is 1. The molecule has 2 rings (SSSR count). The summed E-state index contributed by atoms with van der Waals surface area (Å²) in [4.78, 5) is 14.6. The van der Waals surface area contributed by atoms with Crippen molar-refractivity contribution in [2.75, 3.05) is 32.4 Å². The number of hydrogen-bond donors (Lipinski definition) is 1. The molecule has 2 atom stereocenters. The van der Waals surface area contributed by atoms with E-state index in [1.165, 1.54) is 4.31 Å². The van der Waals surface area contributed by atoms with Gasteiger partial charge in [0.15, 0.2) is 0 Å². The Hall–Kier alpha value is -0.660. The predicted octanol–water partition coefficient (Wildman–Crippen LogP) is 0.791. The Morgan fingerprint density at radius 1 is 1.23 bits per heavy atom. The zero-order chi connectivity index (χ0) is 16.2. The van der Waals surface area contributed by atoms with Gasteiger partial charge in [0.05, 0.1) is 5.75 Å². The van der Waals surface area contributed by atoms with E-state index in [9.17, 15) is 13.2 Å². The molecule has 0 bridgehead atoms. The van der Waals surface area contributed by atoms with E-state index in [1.54, 1.807) is 0 Å². The highest BCUT2D eigenvalue weighted by atomic mass is 32.2. The van der Waals surface area contributed by atoms with Crippen LogP contribution in [-0.2, 0) is 14.8 Å². The molecule has 2 aliphatic rings. The maximum absolute atomic E-state index is 12.8. The maximum atomic E-state index is 12.8. The summed E-state index contributed by atoms with van der Waals surface area (Å²) >= 11 is 0. The van der Waals surface area contributed by atoms with E-state index < -0.39 is 16.1 Å². The Morgan fingerprint density at radius 3 is 2.64 bits per heavy atom. The van der Waals surface area contributed by atoms with Crippen LogP contribution < -0.4 is 5.32 Å². The minimum Gasteiger partial charge on any atom is -0.340 e. The van der Waals surface area contributed by atoms with Crippen molar-refractivity contribution in [2.45, 2.75) is 57.5 Å². The number of likely N-dealkylation sites (N-methyl/N-ethyl adjacent to an activating group) is 1. The molecule has 2 aliphatic heterocycles. The topological polar surface area (TPSA) is 69.7 Å². The summed E-state index contributed by atoms with van der Waals surface area (Å²) in [6, 6.07) is -0.151. The molecule has 0 aromatic carbocycles. The second kappa shape index (κ2) is 7.75. The van der Waals surface area contributed by atoms with Crippen LogP contribution in [0.5, 0.6) is 0 Å². The van der Waals surface area contributed by atoms with Gasteiger partial charge in [-0.3, -0.25) is 4.79 Å². The van der Waals surface area contributed by atoms with Gasteiger partial charge in [0, 0.05) is 25.7 Å². The maximum Gasteiger partial charge on any atom is 0.241 e. The third-order valence-corrected chi connectivity index (χ3v) is 6.70. The average Bonchev–Trinajstić information content (AvgIpc) is 3.03. The molecule has 2 heterocycles. The molecule has 1 N–H and O–H groups in total. The van der Waals surface area contributed by atoms with Gasteiger partial charge in [0.1, 0.15) is 6.04 Å². The molecule has 2 unspecified atom stereocenters. The molecule has 6 nitrogen and oxygen atoms in total. The summed E-state index contributed by atoms with van der Waals surface area (Å²) < 4.78 is 26.4. The Kier molecular flexibility index (Phi) is 6.23. The molecule has 0 aromatic rings. The first-order chi connectivity index (χ1) is 10.5. The fraction of sp³-hybridized carbons (Fsp3) is 0.933. The zero-order valence-corrected chi connectivity index (χ0v) is 14.6. The van der Waals surface area contributed by atoms with Crippen LogP contribution in [-0.4, -0.2) is 68.0 Å². The van der Waals surface area contributed by atoms with Gasteiger partial charge in [-0.1, -0.05) is 13.3 Å². The SMILES string of the molecule is CCCCS(=O)(=O)N1CCCC1C(=O)N1CCCC(NC)C1. The van der Waals surface area contributed by atoms with Crippen molar-refractivity contribution in [3.63, 3.8) is 0 Å². The van der Waals surface area contributed by atoms with Gasteiger partial charge < -0.3 is 10.2 Å². The highest BCUT2D eigenvalue weighted by Gasteiger charge is 2.40. The van der Waals surface area contributed by atoms with Crippen LogP contribution in [0, 0.1) is 0 Å². The van der Waals surface area contributed by atoms with Crippen LogP contribution in [0.3, 0.4) is 0 Å². The molecule has 0 aliphatic carbocycles. The van der Waals surface area contributed by atoms with Gasteiger partial charge in [-0.2, -0.15) is 4.31 Å². The number of rotatable bonds is 6.